The molecule has 0 aliphatic rings. The average Bonchev–Trinajstić information content (AvgIpc) is 2.63. The first-order chi connectivity index (χ1) is 12.9. The summed E-state index contributed by atoms with van der Waals surface area (Å²) in [5.74, 6) is -0.658. The van der Waals surface area contributed by atoms with Gasteiger partial charge >= 0.3 is 5.97 Å². The van der Waals surface area contributed by atoms with E-state index in [0.29, 0.717) is 23.5 Å². The second kappa shape index (κ2) is 9.78. The number of benzene rings is 2. The lowest BCUT2D eigenvalue weighted by atomic mass is 10.2. The highest BCUT2D eigenvalue weighted by Crippen LogP contribution is 2.25. The van der Waals surface area contributed by atoms with Crippen LogP contribution < -0.4 is 10.6 Å². The number of hydrogen-bond donors (Lipinski definition) is 2. The third kappa shape index (κ3) is 6.45. The Hall–Kier alpha value is -2.80. The number of nitrogens with one attached hydrogen (secondary N) is 2. The first-order valence-corrected chi connectivity index (χ1v) is 9.39. The number of thioether (sulfide) groups is 1. The van der Waals surface area contributed by atoms with E-state index in [-0.39, 0.29) is 23.0 Å². The highest BCUT2D eigenvalue weighted by atomic mass is 32.2. The van der Waals surface area contributed by atoms with Crippen molar-refractivity contribution in [1.29, 1.82) is 0 Å². The van der Waals surface area contributed by atoms with Crippen LogP contribution >= 0.6 is 11.8 Å². The molecular weight excluding hydrogens is 364 g/mol. The van der Waals surface area contributed by atoms with Crippen molar-refractivity contribution in [3.05, 3.63) is 54.1 Å². The Bertz CT molecular complexity index is 804. The summed E-state index contributed by atoms with van der Waals surface area (Å²) in [6.45, 7) is 5.33. The number of ether oxygens (including phenoxy) is 1. The van der Waals surface area contributed by atoms with Crippen molar-refractivity contribution in [2.45, 2.75) is 30.9 Å². The van der Waals surface area contributed by atoms with Crippen molar-refractivity contribution in [2.24, 2.45) is 0 Å². The lowest BCUT2D eigenvalue weighted by Gasteiger charge is -2.13. The fourth-order valence-corrected chi connectivity index (χ4v) is 3.09. The summed E-state index contributed by atoms with van der Waals surface area (Å²) in [4.78, 5) is 36.0. The Labute approximate surface area is 162 Å². The fraction of sp³-hybridized carbons (Fsp3) is 0.250. The van der Waals surface area contributed by atoms with E-state index in [2.05, 4.69) is 10.6 Å². The smallest absolute Gasteiger partial charge is 0.338 e. The van der Waals surface area contributed by atoms with Gasteiger partial charge in [0.05, 0.1) is 17.4 Å². The Kier molecular flexibility index (Phi) is 7.43. The third-order valence-corrected chi connectivity index (χ3v) is 4.63. The van der Waals surface area contributed by atoms with Gasteiger partial charge in [0.2, 0.25) is 11.8 Å². The van der Waals surface area contributed by atoms with Crippen molar-refractivity contribution < 1.29 is 19.1 Å². The lowest BCUT2D eigenvalue weighted by molar-refractivity contribution is -0.115. The minimum atomic E-state index is -0.387. The second-order valence-electron chi connectivity index (χ2n) is 5.75. The standard InChI is InChI=1S/C20H22N2O4S/c1-4-26-20(25)15-5-7-17(8-6-15)22-19(24)13(2)27-18-11-9-16(10-12-18)21-14(3)23/h5-13H,4H2,1-3H3,(H,21,23)(H,22,24). The van der Waals surface area contributed by atoms with Gasteiger partial charge in [-0.15, -0.1) is 11.8 Å². The maximum absolute atomic E-state index is 12.4. The number of anilines is 2. The Morgan fingerprint density at radius 2 is 1.52 bits per heavy atom. The van der Waals surface area contributed by atoms with Crippen LogP contribution in [-0.4, -0.2) is 29.6 Å². The summed E-state index contributed by atoms with van der Waals surface area (Å²) < 4.78 is 4.93. The number of esters is 1. The van der Waals surface area contributed by atoms with Crippen LogP contribution in [-0.2, 0) is 14.3 Å². The minimum absolute atomic E-state index is 0.128. The van der Waals surface area contributed by atoms with E-state index in [0.717, 1.165) is 4.90 Å². The zero-order chi connectivity index (χ0) is 19.8. The predicted octanol–water partition coefficient (Wildman–Crippen LogP) is 3.94. The molecule has 2 aromatic rings. The van der Waals surface area contributed by atoms with E-state index < -0.39 is 0 Å². The summed E-state index contributed by atoms with van der Waals surface area (Å²) in [7, 11) is 0. The molecule has 0 saturated carbocycles. The molecular formula is C20H22N2O4S. The van der Waals surface area contributed by atoms with Gasteiger partial charge in [0.15, 0.2) is 0 Å². The zero-order valence-electron chi connectivity index (χ0n) is 15.4. The lowest BCUT2D eigenvalue weighted by Crippen LogP contribution is -2.22. The molecule has 0 spiro atoms. The molecule has 2 N–H and O–H groups in total. The molecule has 0 aliphatic heterocycles. The molecule has 6 nitrogen and oxygen atoms in total. The van der Waals surface area contributed by atoms with Gasteiger partial charge in [-0.25, -0.2) is 4.79 Å². The van der Waals surface area contributed by atoms with Crippen LogP contribution in [0.2, 0.25) is 0 Å². The fourth-order valence-electron chi connectivity index (χ4n) is 2.23. The summed E-state index contributed by atoms with van der Waals surface area (Å²) in [6, 6.07) is 13.9. The molecule has 0 aromatic heterocycles. The van der Waals surface area contributed by atoms with E-state index in [1.54, 1.807) is 43.3 Å². The summed E-state index contributed by atoms with van der Waals surface area (Å²) in [6.07, 6.45) is 0. The largest absolute Gasteiger partial charge is 0.462 e. The van der Waals surface area contributed by atoms with Crippen LogP contribution in [0.4, 0.5) is 11.4 Å². The number of hydrogen-bond acceptors (Lipinski definition) is 5. The Morgan fingerprint density at radius 3 is 2.07 bits per heavy atom. The van der Waals surface area contributed by atoms with E-state index in [4.69, 9.17) is 4.74 Å². The molecule has 0 bridgehead atoms. The van der Waals surface area contributed by atoms with E-state index in [1.807, 2.05) is 19.1 Å². The maximum atomic E-state index is 12.4. The van der Waals surface area contributed by atoms with E-state index in [1.165, 1.54) is 18.7 Å². The highest BCUT2D eigenvalue weighted by molar-refractivity contribution is 8.00. The summed E-state index contributed by atoms with van der Waals surface area (Å²) >= 11 is 1.41. The highest BCUT2D eigenvalue weighted by Gasteiger charge is 2.15. The van der Waals surface area contributed by atoms with Gasteiger partial charge in [0, 0.05) is 23.2 Å². The molecule has 0 fully saturated rings. The SMILES string of the molecule is CCOC(=O)c1ccc(NC(=O)C(C)Sc2ccc(NC(C)=O)cc2)cc1. The van der Waals surface area contributed by atoms with Crippen LogP contribution in [0.1, 0.15) is 31.1 Å². The molecule has 0 aliphatic carbocycles. The molecule has 1 unspecified atom stereocenters. The molecule has 2 rings (SSSR count). The molecule has 0 heterocycles. The van der Waals surface area contributed by atoms with Crippen LogP contribution in [0.3, 0.4) is 0 Å². The van der Waals surface area contributed by atoms with E-state index >= 15 is 0 Å². The normalized spacial score (nSPS) is 11.4. The topological polar surface area (TPSA) is 84.5 Å². The number of amides is 2. The maximum Gasteiger partial charge on any atom is 0.338 e. The molecule has 142 valence electrons. The molecule has 0 saturated heterocycles. The number of carbonyl (C=O) groups excluding carboxylic acids is 3. The summed E-state index contributed by atoms with van der Waals surface area (Å²) in [5, 5.41) is 5.21. The second-order valence-corrected chi connectivity index (χ2v) is 7.17. The van der Waals surface area contributed by atoms with Gasteiger partial charge in [-0.2, -0.15) is 0 Å². The van der Waals surface area contributed by atoms with Crippen molar-refractivity contribution >= 4 is 40.9 Å². The third-order valence-electron chi connectivity index (χ3n) is 3.52. The molecule has 1 atom stereocenters. The van der Waals surface area contributed by atoms with Gasteiger partial charge < -0.3 is 15.4 Å². The van der Waals surface area contributed by atoms with E-state index in [9.17, 15) is 14.4 Å². The quantitative estimate of drug-likeness (QED) is 0.556. The van der Waals surface area contributed by atoms with Gasteiger partial charge in [-0.1, -0.05) is 0 Å². The first kappa shape index (κ1) is 20.5. The van der Waals surface area contributed by atoms with Crippen molar-refractivity contribution in [2.75, 3.05) is 17.2 Å². The zero-order valence-corrected chi connectivity index (χ0v) is 16.3. The summed E-state index contributed by atoms with van der Waals surface area (Å²) in [5.41, 5.74) is 1.77. The molecule has 2 amide bonds. The number of rotatable bonds is 7. The van der Waals surface area contributed by atoms with Crippen molar-refractivity contribution in [3.8, 4) is 0 Å². The molecule has 2 aromatic carbocycles. The average molecular weight is 386 g/mol. The van der Waals surface area contributed by atoms with Crippen LogP contribution in [0, 0.1) is 0 Å². The minimum Gasteiger partial charge on any atom is -0.462 e. The van der Waals surface area contributed by atoms with Crippen LogP contribution in [0.25, 0.3) is 0 Å². The van der Waals surface area contributed by atoms with Gasteiger partial charge in [0.1, 0.15) is 0 Å². The molecule has 0 radical (unpaired) electrons. The van der Waals surface area contributed by atoms with Crippen LogP contribution in [0.15, 0.2) is 53.4 Å². The first-order valence-electron chi connectivity index (χ1n) is 8.51. The Morgan fingerprint density at radius 1 is 0.963 bits per heavy atom. The van der Waals surface area contributed by atoms with Crippen molar-refractivity contribution in [1.82, 2.24) is 0 Å². The van der Waals surface area contributed by atoms with Crippen LogP contribution in [0.5, 0.6) is 0 Å². The van der Waals surface area contributed by atoms with Gasteiger partial charge in [-0.3, -0.25) is 9.59 Å². The van der Waals surface area contributed by atoms with Gasteiger partial charge in [0.25, 0.3) is 0 Å². The number of carbonyl (C=O) groups is 3. The Balaban J connectivity index is 1.91. The monoisotopic (exact) mass is 386 g/mol. The molecule has 7 heteroatoms. The predicted molar refractivity (Wildman–Crippen MR) is 107 cm³/mol. The van der Waals surface area contributed by atoms with Crippen molar-refractivity contribution in [3.63, 3.8) is 0 Å². The molecule has 27 heavy (non-hydrogen) atoms. The van der Waals surface area contributed by atoms with Gasteiger partial charge in [-0.05, 0) is 62.4 Å².